The van der Waals surface area contributed by atoms with Crippen LogP contribution >= 0.6 is 0 Å². The lowest BCUT2D eigenvalue weighted by molar-refractivity contribution is -0.114. The molecule has 1 saturated heterocycles. The Hall–Kier alpha value is -3.60. The Morgan fingerprint density at radius 2 is 2.06 bits per heavy atom. The highest BCUT2D eigenvalue weighted by Gasteiger charge is 2.39. The van der Waals surface area contributed by atoms with Crippen LogP contribution in [-0.4, -0.2) is 78.6 Å². The van der Waals surface area contributed by atoms with E-state index in [1.807, 2.05) is 13.0 Å². The largest absolute Gasteiger partial charge is 0.378 e. The molecule has 172 valence electrons. The van der Waals surface area contributed by atoms with E-state index in [1.165, 1.54) is 17.0 Å². The molecule has 11 heteroatoms. The second-order valence-corrected chi connectivity index (χ2v) is 8.32. The molecule has 3 amide bonds. The number of aliphatic imine (C=N–C) groups is 1. The number of amides is 3. The molecular formula is C22H24FN7O3. The molecule has 1 fully saturated rings. The van der Waals surface area contributed by atoms with E-state index < -0.39 is 11.7 Å². The summed E-state index contributed by atoms with van der Waals surface area (Å²) in [5, 5.41) is 2.62. The summed E-state index contributed by atoms with van der Waals surface area (Å²) in [6.45, 7) is 5.57. The van der Waals surface area contributed by atoms with Crippen LogP contribution in [-0.2, 0) is 9.53 Å². The van der Waals surface area contributed by atoms with Gasteiger partial charge in [-0.2, -0.15) is 0 Å². The minimum atomic E-state index is -0.499. The minimum absolute atomic E-state index is 0.200. The van der Waals surface area contributed by atoms with Crippen molar-refractivity contribution >= 4 is 35.0 Å². The van der Waals surface area contributed by atoms with Crippen LogP contribution in [0.1, 0.15) is 12.6 Å². The molecule has 0 aliphatic carbocycles. The summed E-state index contributed by atoms with van der Waals surface area (Å²) in [7, 11) is 0. The van der Waals surface area contributed by atoms with Gasteiger partial charge in [-0.1, -0.05) is 6.92 Å². The Balaban J connectivity index is 1.47. The van der Waals surface area contributed by atoms with Gasteiger partial charge in [-0.05, 0) is 24.1 Å². The van der Waals surface area contributed by atoms with E-state index in [4.69, 9.17) is 4.74 Å². The molecule has 1 unspecified atom stereocenters. The zero-order chi connectivity index (χ0) is 22.9. The summed E-state index contributed by atoms with van der Waals surface area (Å²) >= 11 is 0. The number of hydrogen-bond acceptors (Lipinski definition) is 7. The van der Waals surface area contributed by atoms with Crippen molar-refractivity contribution in [2.75, 3.05) is 61.1 Å². The third-order valence-electron chi connectivity index (χ3n) is 5.79. The number of pyridine rings is 2. The normalized spacial score (nSPS) is 20.2. The molecule has 0 radical (unpaired) electrons. The molecule has 1 atom stereocenters. The number of morpholine rings is 1. The third kappa shape index (κ3) is 4.23. The highest BCUT2D eigenvalue weighted by Crippen LogP contribution is 2.33. The molecule has 33 heavy (non-hydrogen) atoms. The third-order valence-corrected chi connectivity index (χ3v) is 5.79. The van der Waals surface area contributed by atoms with E-state index in [0.29, 0.717) is 43.5 Å². The molecule has 0 spiro atoms. The molecule has 2 aromatic rings. The fourth-order valence-corrected chi connectivity index (χ4v) is 4.15. The first kappa shape index (κ1) is 21.3. The van der Waals surface area contributed by atoms with Gasteiger partial charge < -0.3 is 15.0 Å². The molecule has 0 bridgehead atoms. The lowest BCUT2D eigenvalue weighted by Crippen LogP contribution is -2.56. The van der Waals surface area contributed by atoms with Crippen LogP contribution in [0.5, 0.6) is 0 Å². The number of halogens is 1. The number of ether oxygens (including phenoxy) is 1. The molecule has 5 heterocycles. The molecular weight excluding hydrogens is 429 g/mol. The average molecular weight is 453 g/mol. The smallest absolute Gasteiger partial charge is 0.330 e. The van der Waals surface area contributed by atoms with Crippen molar-refractivity contribution in [3.8, 4) is 0 Å². The highest BCUT2D eigenvalue weighted by atomic mass is 19.1. The lowest BCUT2D eigenvalue weighted by Gasteiger charge is -2.40. The number of anilines is 3. The maximum Gasteiger partial charge on any atom is 0.330 e. The molecule has 1 N–H and O–H groups in total. The molecule has 0 saturated carbocycles. The molecule has 10 nitrogen and oxygen atoms in total. The predicted molar refractivity (Wildman–Crippen MR) is 120 cm³/mol. The van der Waals surface area contributed by atoms with Gasteiger partial charge >= 0.3 is 6.03 Å². The first-order valence-corrected chi connectivity index (χ1v) is 10.9. The second-order valence-electron chi connectivity index (χ2n) is 8.32. The van der Waals surface area contributed by atoms with Crippen molar-refractivity contribution in [2.45, 2.75) is 6.92 Å². The fourth-order valence-electron chi connectivity index (χ4n) is 4.15. The van der Waals surface area contributed by atoms with Gasteiger partial charge in [0, 0.05) is 26.2 Å². The number of rotatable bonds is 4. The summed E-state index contributed by atoms with van der Waals surface area (Å²) in [4.78, 5) is 44.5. The molecule has 5 rings (SSSR count). The lowest BCUT2D eigenvalue weighted by atomic mass is 10.1. The van der Waals surface area contributed by atoms with E-state index >= 15 is 0 Å². The van der Waals surface area contributed by atoms with E-state index in [2.05, 4.69) is 25.2 Å². The Labute approximate surface area is 190 Å². The van der Waals surface area contributed by atoms with Crippen molar-refractivity contribution in [1.29, 1.82) is 0 Å². The standard InChI is InChI=1S/C22H24FN7O3/c1-14-9-26-21-20-17(8-16(11-25-20)28-4-6-33-7-5-28)29(22(32)30(21)12-14)13-19(31)27-18-3-2-15(23)10-24-18/h2-3,8,10-11,14H,4-7,9,12-13H2,1H3,(H,24,27,31). The van der Waals surface area contributed by atoms with Crippen molar-refractivity contribution in [3.05, 3.63) is 42.1 Å². The Bertz CT molecular complexity index is 1100. The van der Waals surface area contributed by atoms with Crippen LogP contribution in [0.4, 0.5) is 26.4 Å². The van der Waals surface area contributed by atoms with Gasteiger partial charge in [0.2, 0.25) is 5.91 Å². The second kappa shape index (κ2) is 8.74. The van der Waals surface area contributed by atoms with E-state index in [9.17, 15) is 14.0 Å². The monoisotopic (exact) mass is 453 g/mol. The molecule has 3 aliphatic heterocycles. The number of aromatic nitrogens is 2. The van der Waals surface area contributed by atoms with Crippen LogP contribution in [0, 0.1) is 11.7 Å². The maximum atomic E-state index is 13.5. The van der Waals surface area contributed by atoms with Crippen molar-refractivity contribution in [2.24, 2.45) is 10.9 Å². The van der Waals surface area contributed by atoms with Gasteiger partial charge in [-0.3, -0.25) is 19.6 Å². The fraction of sp³-hybridized carbons (Fsp3) is 0.409. The van der Waals surface area contributed by atoms with Gasteiger partial charge in [0.1, 0.15) is 23.9 Å². The predicted octanol–water partition coefficient (Wildman–Crippen LogP) is 1.73. The minimum Gasteiger partial charge on any atom is -0.378 e. The summed E-state index contributed by atoms with van der Waals surface area (Å²) in [5.41, 5.74) is 1.97. The number of hydrogen-bond donors (Lipinski definition) is 1. The zero-order valence-corrected chi connectivity index (χ0v) is 18.2. The summed E-state index contributed by atoms with van der Waals surface area (Å²) < 4.78 is 18.6. The number of carbonyl (C=O) groups excluding carboxylic acids is 2. The zero-order valence-electron chi connectivity index (χ0n) is 18.2. The van der Waals surface area contributed by atoms with E-state index in [-0.39, 0.29) is 24.3 Å². The number of nitrogens with zero attached hydrogens (tertiary/aromatic N) is 6. The summed E-state index contributed by atoms with van der Waals surface area (Å²) in [6, 6.07) is 4.14. The number of carbonyl (C=O) groups is 2. The van der Waals surface area contributed by atoms with Gasteiger partial charge in [0.05, 0.1) is 37.0 Å². The van der Waals surface area contributed by atoms with Gasteiger partial charge in [0.15, 0.2) is 5.84 Å². The molecule has 0 aromatic carbocycles. The van der Waals surface area contributed by atoms with Crippen LogP contribution in [0.2, 0.25) is 0 Å². The molecule has 3 aliphatic rings. The highest BCUT2D eigenvalue weighted by molar-refractivity contribution is 6.20. The Morgan fingerprint density at radius 3 is 2.82 bits per heavy atom. The number of fused-ring (bicyclic) bond motifs is 3. The molecule has 2 aromatic heterocycles. The number of nitrogens with one attached hydrogen (secondary N) is 1. The van der Waals surface area contributed by atoms with E-state index in [1.54, 1.807) is 11.1 Å². The van der Waals surface area contributed by atoms with Crippen molar-refractivity contribution < 1.29 is 18.7 Å². The summed E-state index contributed by atoms with van der Waals surface area (Å²) in [5.74, 6) is 0.00101. The SMILES string of the molecule is CC1CN=C2c3ncc(N4CCOCC4)cc3N(CC(=O)Nc3ccc(F)cn3)C(=O)N2C1. The Kier molecular flexibility index (Phi) is 5.63. The van der Waals surface area contributed by atoms with Crippen molar-refractivity contribution in [3.63, 3.8) is 0 Å². The average Bonchev–Trinajstić information content (AvgIpc) is 2.83. The van der Waals surface area contributed by atoms with E-state index in [0.717, 1.165) is 25.0 Å². The van der Waals surface area contributed by atoms with Crippen LogP contribution in [0.3, 0.4) is 0 Å². The van der Waals surface area contributed by atoms with Gasteiger partial charge in [0.25, 0.3) is 0 Å². The van der Waals surface area contributed by atoms with Gasteiger partial charge in [-0.25, -0.2) is 19.2 Å². The Morgan fingerprint density at radius 1 is 1.24 bits per heavy atom. The van der Waals surface area contributed by atoms with Crippen molar-refractivity contribution in [1.82, 2.24) is 14.9 Å². The summed E-state index contributed by atoms with van der Waals surface area (Å²) in [6.07, 6.45) is 2.80. The maximum absolute atomic E-state index is 13.5. The van der Waals surface area contributed by atoms with Crippen LogP contribution < -0.4 is 15.1 Å². The van der Waals surface area contributed by atoms with Crippen LogP contribution in [0.15, 0.2) is 35.6 Å². The first-order valence-electron chi connectivity index (χ1n) is 10.9. The first-order chi connectivity index (χ1) is 16.0. The quantitative estimate of drug-likeness (QED) is 0.756. The number of amidine groups is 1. The number of urea groups is 1. The van der Waals surface area contributed by atoms with Crippen LogP contribution in [0.25, 0.3) is 0 Å². The topological polar surface area (TPSA) is 103 Å². The van der Waals surface area contributed by atoms with Gasteiger partial charge in [-0.15, -0.1) is 0 Å².